The lowest BCUT2D eigenvalue weighted by molar-refractivity contribution is -0.899. The first-order valence-electron chi connectivity index (χ1n) is 8.81. The fraction of sp³-hybridized carbons (Fsp3) is 0.526. The van der Waals surface area contributed by atoms with Gasteiger partial charge in [0.25, 0.3) is 0 Å². The Labute approximate surface area is 143 Å². The van der Waals surface area contributed by atoms with Gasteiger partial charge in [0, 0.05) is 0 Å². The van der Waals surface area contributed by atoms with Gasteiger partial charge < -0.3 is 24.3 Å². The number of carbonyl (C=O) groups excluding carboxylic acids is 1. The molecule has 2 rings (SSSR count). The molecule has 0 atom stereocenters. The molecular weight excluding hydrogens is 306 g/mol. The number of carboxylic acids is 1. The number of quaternary nitrogens is 1. The molecule has 5 nitrogen and oxygen atoms in total. The number of carboxylic acid groups (broad SMARTS) is 1. The molecule has 1 aliphatic rings. The topological polar surface area (TPSA) is 63.0 Å². The molecule has 1 fully saturated rings. The van der Waals surface area contributed by atoms with Crippen LogP contribution in [0.3, 0.4) is 0 Å². The lowest BCUT2D eigenvalue weighted by atomic mass is 10.2. The predicted octanol–water partition coefficient (Wildman–Crippen LogP) is 0.686. The van der Waals surface area contributed by atoms with Crippen LogP contribution in [-0.2, 0) is 4.79 Å². The summed E-state index contributed by atoms with van der Waals surface area (Å²) in [6, 6.07) is 5.44. The molecule has 1 aromatic rings. The maximum atomic E-state index is 10.5. The van der Waals surface area contributed by atoms with E-state index in [2.05, 4.69) is 0 Å². The smallest absolute Gasteiger partial charge is 0.161 e. The molecule has 1 aliphatic heterocycles. The van der Waals surface area contributed by atoms with Crippen molar-refractivity contribution in [3.63, 3.8) is 0 Å². The van der Waals surface area contributed by atoms with Crippen molar-refractivity contribution in [3.05, 3.63) is 29.8 Å². The van der Waals surface area contributed by atoms with Crippen LogP contribution in [0.2, 0.25) is 0 Å². The minimum Gasteiger partial charge on any atom is -0.545 e. The van der Waals surface area contributed by atoms with E-state index in [0.717, 1.165) is 18.2 Å². The molecule has 0 radical (unpaired) electrons. The molecule has 0 amide bonds. The highest BCUT2D eigenvalue weighted by Gasteiger charge is 2.13. The van der Waals surface area contributed by atoms with Crippen molar-refractivity contribution in [1.82, 2.24) is 0 Å². The fourth-order valence-corrected chi connectivity index (χ4v) is 2.96. The Morgan fingerprint density at radius 2 is 1.92 bits per heavy atom. The van der Waals surface area contributed by atoms with E-state index in [0.29, 0.717) is 24.7 Å². The average molecular weight is 333 g/mol. The second-order valence-electron chi connectivity index (χ2n) is 6.05. The first kappa shape index (κ1) is 18.3. The fourth-order valence-electron chi connectivity index (χ4n) is 2.96. The molecule has 1 saturated heterocycles. The Morgan fingerprint density at radius 3 is 2.58 bits per heavy atom. The zero-order valence-electron chi connectivity index (χ0n) is 14.4. The van der Waals surface area contributed by atoms with E-state index >= 15 is 0 Å². The molecule has 24 heavy (non-hydrogen) atoms. The minimum absolute atomic E-state index is 0.529. The van der Waals surface area contributed by atoms with Crippen molar-refractivity contribution < 1.29 is 24.3 Å². The number of hydrogen-bond donors (Lipinski definition) is 1. The van der Waals surface area contributed by atoms with E-state index < -0.39 is 5.97 Å². The van der Waals surface area contributed by atoms with E-state index in [-0.39, 0.29) is 0 Å². The van der Waals surface area contributed by atoms with E-state index in [9.17, 15) is 9.90 Å². The predicted molar refractivity (Wildman–Crippen MR) is 91.2 cm³/mol. The maximum absolute atomic E-state index is 10.5. The second kappa shape index (κ2) is 9.98. The number of rotatable bonds is 8. The number of carbonyl (C=O) groups is 1. The Hall–Kier alpha value is -2.01. The van der Waals surface area contributed by atoms with Crippen LogP contribution in [0, 0.1) is 0 Å². The molecule has 0 bridgehead atoms. The van der Waals surface area contributed by atoms with Gasteiger partial charge in [-0.1, -0.05) is 12.1 Å². The van der Waals surface area contributed by atoms with Crippen molar-refractivity contribution in [3.8, 4) is 11.5 Å². The molecule has 0 aromatic heterocycles. The highest BCUT2D eigenvalue weighted by atomic mass is 16.5. The third kappa shape index (κ3) is 6.24. The van der Waals surface area contributed by atoms with Crippen LogP contribution in [0.1, 0.15) is 38.2 Å². The number of nitrogens with one attached hydrogen (secondary N) is 1. The van der Waals surface area contributed by atoms with Crippen LogP contribution in [0.25, 0.3) is 6.08 Å². The standard InChI is InChI=1S/C19H27NO4/c1-2-23-18-15-16(8-10-19(21)22)7-9-17(18)24-14-13-20-11-5-3-4-6-12-20/h7-10,15H,2-6,11-14H2,1H3,(H,21,22)/b10-8+. The third-order valence-electron chi connectivity index (χ3n) is 4.20. The lowest BCUT2D eigenvalue weighted by Gasteiger charge is -2.18. The first-order chi connectivity index (χ1) is 11.7. The number of aliphatic carboxylic acids is 1. The molecular formula is C19H27NO4. The molecule has 1 heterocycles. The summed E-state index contributed by atoms with van der Waals surface area (Å²) in [4.78, 5) is 12.1. The normalized spacial score (nSPS) is 16.0. The largest absolute Gasteiger partial charge is 0.545 e. The number of hydrogen-bond acceptors (Lipinski definition) is 4. The molecule has 0 spiro atoms. The quantitative estimate of drug-likeness (QED) is 0.711. The Kier molecular flexibility index (Phi) is 7.62. The van der Waals surface area contributed by atoms with Crippen LogP contribution in [0.4, 0.5) is 0 Å². The highest BCUT2D eigenvalue weighted by molar-refractivity contribution is 5.83. The number of benzene rings is 1. The summed E-state index contributed by atoms with van der Waals surface area (Å²) in [5.41, 5.74) is 0.744. The molecule has 0 aliphatic carbocycles. The lowest BCUT2D eigenvalue weighted by Crippen LogP contribution is -3.12. The maximum Gasteiger partial charge on any atom is 0.161 e. The van der Waals surface area contributed by atoms with Crippen LogP contribution in [0.15, 0.2) is 24.3 Å². The number of ether oxygens (including phenoxy) is 2. The van der Waals surface area contributed by atoms with Gasteiger partial charge in [-0.2, -0.15) is 0 Å². The molecule has 132 valence electrons. The van der Waals surface area contributed by atoms with Crippen LogP contribution < -0.4 is 19.5 Å². The summed E-state index contributed by atoms with van der Waals surface area (Å²) < 4.78 is 11.5. The average Bonchev–Trinajstić information content (AvgIpc) is 2.83. The van der Waals surface area contributed by atoms with Gasteiger partial charge in [0.05, 0.1) is 25.7 Å². The van der Waals surface area contributed by atoms with E-state index in [1.165, 1.54) is 44.8 Å². The van der Waals surface area contributed by atoms with Crippen molar-refractivity contribution in [1.29, 1.82) is 0 Å². The summed E-state index contributed by atoms with van der Waals surface area (Å²) in [5, 5.41) is 10.5. The monoisotopic (exact) mass is 333 g/mol. The number of likely N-dealkylation sites (tertiary alicyclic amines) is 1. The SMILES string of the molecule is CCOc1cc(/C=C/C(=O)[O-])ccc1OCC[NH+]1CCCCCC1. The van der Waals surface area contributed by atoms with Crippen LogP contribution >= 0.6 is 0 Å². The van der Waals surface area contributed by atoms with Crippen LogP contribution in [-0.4, -0.2) is 38.8 Å². The Morgan fingerprint density at radius 1 is 1.17 bits per heavy atom. The van der Waals surface area contributed by atoms with Gasteiger partial charge in [0.1, 0.15) is 13.2 Å². The second-order valence-corrected chi connectivity index (χ2v) is 6.05. The van der Waals surface area contributed by atoms with Crippen LogP contribution in [0.5, 0.6) is 11.5 Å². The van der Waals surface area contributed by atoms with Crippen molar-refractivity contribution in [2.45, 2.75) is 32.6 Å². The Balaban J connectivity index is 1.93. The molecule has 1 aromatic carbocycles. The zero-order chi connectivity index (χ0) is 17.2. The summed E-state index contributed by atoms with van der Waals surface area (Å²) >= 11 is 0. The third-order valence-corrected chi connectivity index (χ3v) is 4.20. The van der Waals surface area contributed by atoms with Gasteiger partial charge in [-0.05, 0) is 56.4 Å². The molecule has 1 N–H and O–H groups in total. The van der Waals surface area contributed by atoms with Crippen molar-refractivity contribution in [2.75, 3.05) is 32.8 Å². The molecule has 0 unspecified atom stereocenters. The van der Waals surface area contributed by atoms with Gasteiger partial charge in [-0.25, -0.2) is 0 Å². The first-order valence-corrected chi connectivity index (χ1v) is 8.81. The van der Waals surface area contributed by atoms with Gasteiger partial charge in [0.2, 0.25) is 0 Å². The van der Waals surface area contributed by atoms with Gasteiger partial charge in [0.15, 0.2) is 11.5 Å². The van der Waals surface area contributed by atoms with E-state index in [1.54, 1.807) is 11.0 Å². The van der Waals surface area contributed by atoms with E-state index in [1.807, 2.05) is 19.1 Å². The minimum atomic E-state index is -1.21. The van der Waals surface area contributed by atoms with Crippen molar-refractivity contribution >= 4 is 12.0 Å². The van der Waals surface area contributed by atoms with Crippen molar-refractivity contribution in [2.24, 2.45) is 0 Å². The summed E-state index contributed by atoms with van der Waals surface area (Å²) in [7, 11) is 0. The van der Waals surface area contributed by atoms with Gasteiger partial charge in [-0.3, -0.25) is 0 Å². The highest BCUT2D eigenvalue weighted by Crippen LogP contribution is 2.28. The summed E-state index contributed by atoms with van der Waals surface area (Å²) in [5.74, 6) is 0.134. The van der Waals surface area contributed by atoms with Gasteiger partial charge in [-0.15, -0.1) is 0 Å². The van der Waals surface area contributed by atoms with Gasteiger partial charge >= 0.3 is 0 Å². The zero-order valence-corrected chi connectivity index (χ0v) is 14.4. The molecule has 5 heteroatoms. The summed E-state index contributed by atoms with van der Waals surface area (Å²) in [6.45, 7) is 6.56. The summed E-state index contributed by atoms with van der Waals surface area (Å²) in [6.07, 6.45) is 7.80. The van der Waals surface area contributed by atoms with E-state index in [4.69, 9.17) is 9.47 Å². The Bertz CT molecular complexity index is 548. The molecule has 0 saturated carbocycles.